The minimum Gasteiger partial charge on any atom is -0.457 e. The zero-order valence-corrected chi connectivity index (χ0v) is 13.2. The van der Waals surface area contributed by atoms with Gasteiger partial charge in [-0.1, -0.05) is 12.1 Å². The first-order chi connectivity index (χ1) is 11.7. The van der Waals surface area contributed by atoms with Crippen LogP contribution in [0, 0.1) is 17.5 Å². The normalized spacial score (nSPS) is 14.8. The number of halogens is 3. The Labute approximate surface area is 140 Å². The summed E-state index contributed by atoms with van der Waals surface area (Å²) >= 11 is 0. The monoisotopic (exact) mass is 369 g/mol. The number of sulfonamides is 1. The minimum absolute atomic E-state index is 0.0159. The van der Waals surface area contributed by atoms with Crippen LogP contribution in [-0.2, 0) is 19.6 Å². The summed E-state index contributed by atoms with van der Waals surface area (Å²) in [6.45, 7) is -0.265. The number of hydrogen-bond donors (Lipinski definition) is 1. The number of carbonyl (C=O) groups is 1. The van der Waals surface area contributed by atoms with Crippen molar-refractivity contribution in [3.63, 3.8) is 0 Å². The molecule has 0 bridgehead atoms. The van der Waals surface area contributed by atoms with Crippen molar-refractivity contribution in [2.75, 3.05) is 6.61 Å². The Kier molecular flexibility index (Phi) is 4.13. The van der Waals surface area contributed by atoms with Gasteiger partial charge in [-0.05, 0) is 35.4 Å². The topological polar surface area (TPSA) is 86.5 Å². The molecule has 25 heavy (non-hydrogen) atoms. The molecule has 2 aromatic rings. The molecule has 0 saturated carbocycles. The van der Waals surface area contributed by atoms with Crippen LogP contribution in [0.4, 0.5) is 13.2 Å². The molecule has 0 radical (unpaired) electrons. The van der Waals surface area contributed by atoms with Crippen molar-refractivity contribution in [3.8, 4) is 0 Å². The Hall–Kier alpha value is -2.65. The Morgan fingerprint density at radius 1 is 0.960 bits per heavy atom. The predicted octanol–water partition coefficient (Wildman–Crippen LogP) is 2.22. The second-order valence-electron chi connectivity index (χ2n) is 5.25. The molecule has 0 unspecified atom stereocenters. The van der Waals surface area contributed by atoms with E-state index in [0.29, 0.717) is 5.56 Å². The van der Waals surface area contributed by atoms with Crippen LogP contribution in [0.25, 0.3) is 11.1 Å². The molecule has 0 aliphatic carbocycles. The van der Waals surface area contributed by atoms with E-state index in [4.69, 9.17) is 9.88 Å². The van der Waals surface area contributed by atoms with Crippen LogP contribution >= 0.6 is 0 Å². The number of rotatable bonds is 3. The van der Waals surface area contributed by atoms with Gasteiger partial charge in [-0.2, -0.15) is 0 Å². The second kappa shape index (κ2) is 6.01. The highest BCUT2D eigenvalue weighted by Gasteiger charge is 2.29. The third-order valence-corrected chi connectivity index (χ3v) is 4.58. The lowest BCUT2D eigenvalue weighted by Crippen LogP contribution is -2.16. The van der Waals surface area contributed by atoms with Gasteiger partial charge in [0.2, 0.25) is 10.0 Å². The fourth-order valence-electron chi connectivity index (χ4n) is 2.55. The summed E-state index contributed by atoms with van der Waals surface area (Å²) in [5, 5.41) is 4.78. The van der Waals surface area contributed by atoms with Gasteiger partial charge < -0.3 is 4.74 Å². The summed E-state index contributed by atoms with van der Waals surface area (Å²) in [5.74, 6) is -4.03. The molecule has 1 aliphatic heterocycles. The van der Waals surface area contributed by atoms with E-state index in [1.165, 1.54) is 12.1 Å². The second-order valence-corrected chi connectivity index (χ2v) is 6.75. The molecule has 0 amide bonds. The van der Waals surface area contributed by atoms with E-state index in [2.05, 4.69) is 0 Å². The lowest BCUT2D eigenvalue weighted by molar-refractivity contribution is -0.133. The van der Waals surface area contributed by atoms with Crippen molar-refractivity contribution in [3.05, 3.63) is 65.0 Å². The van der Waals surface area contributed by atoms with E-state index in [0.717, 1.165) is 24.3 Å². The third-order valence-electron chi connectivity index (χ3n) is 3.62. The maximum atomic E-state index is 14.0. The third kappa shape index (κ3) is 3.15. The maximum Gasteiger partial charge on any atom is 0.339 e. The number of ether oxygens (including phenoxy) is 1. The van der Waals surface area contributed by atoms with Crippen LogP contribution in [-0.4, -0.2) is 21.0 Å². The van der Waals surface area contributed by atoms with Crippen molar-refractivity contribution >= 4 is 27.1 Å². The predicted molar refractivity (Wildman–Crippen MR) is 81.9 cm³/mol. The lowest BCUT2D eigenvalue weighted by atomic mass is 9.96. The number of cyclic esters (lactones) is 1. The summed E-state index contributed by atoms with van der Waals surface area (Å²) < 4.78 is 68.5. The maximum absolute atomic E-state index is 14.0. The highest BCUT2D eigenvalue weighted by molar-refractivity contribution is 7.89. The van der Waals surface area contributed by atoms with Crippen LogP contribution in [0.3, 0.4) is 0 Å². The Balaban J connectivity index is 2.20. The molecule has 2 aromatic carbocycles. The average molecular weight is 369 g/mol. The van der Waals surface area contributed by atoms with Gasteiger partial charge >= 0.3 is 5.97 Å². The molecule has 9 heteroatoms. The number of nitrogens with two attached hydrogens (primary N) is 1. The molecule has 1 heterocycles. The van der Waals surface area contributed by atoms with E-state index in [9.17, 15) is 26.4 Å². The summed E-state index contributed by atoms with van der Waals surface area (Å²) in [4.78, 5) is 10.7. The smallest absolute Gasteiger partial charge is 0.339 e. The highest BCUT2D eigenvalue weighted by Crippen LogP contribution is 2.34. The number of primary sulfonamides is 1. The van der Waals surface area contributed by atoms with Gasteiger partial charge in [0.25, 0.3) is 0 Å². The van der Waals surface area contributed by atoms with E-state index in [1.54, 1.807) is 0 Å². The van der Waals surface area contributed by atoms with Crippen LogP contribution in [0.2, 0.25) is 0 Å². The number of hydrogen-bond acceptors (Lipinski definition) is 4. The highest BCUT2D eigenvalue weighted by atomic mass is 32.2. The molecule has 0 saturated heterocycles. The largest absolute Gasteiger partial charge is 0.457 e. The van der Waals surface area contributed by atoms with E-state index < -0.39 is 38.3 Å². The quantitative estimate of drug-likeness (QED) is 0.841. The van der Waals surface area contributed by atoms with Gasteiger partial charge in [-0.25, -0.2) is 31.5 Å². The van der Waals surface area contributed by atoms with Gasteiger partial charge in [0.15, 0.2) is 4.90 Å². The van der Waals surface area contributed by atoms with Gasteiger partial charge in [0.05, 0.1) is 5.57 Å². The van der Waals surface area contributed by atoms with E-state index >= 15 is 0 Å². The molecule has 0 aromatic heterocycles. The molecule has 2 N–H and O–H groups in total. The summed E-state index contributed by atoms with van der Waals surface area (Å²) in [7, 11) is -4.59. The van der Waals surface area contributed by atoms with Gasteiger partial charge in [-0.15, -0.1) is 0 Å². The molecule has 0 atom stereocenters. The Morgan fingerprint density at radius 3 is 2.04 bits per heavy atom. The molecule has 3 rings (SSSR count). The SMILES string of the molecule is NS(=O)(=O)c1c(F)cc(C2=C(c3ccc(F)cc3)C(=O)OC2)cc1F. The zero-order valence-electron chi connectivity index (χ0n) is 12.4. The average Bonchev–Trinajstić information content (AvgIpc) is 2.87. The van der Waals surface area contributed by atoms with Gasteiger partial charge in [0, 0.05) is 5.57 Å². The van der Waals surface area contributed by atoms with Crippen molar-refractivity contribution < 1.29 is 31.1 Å². The zero-order chi connectivity index (χ0) is 18.4. The minimum atomic E-state index is -4.59. The number of carbonyl (C=O) groups excluding carboxylic acids is 1. The number of benzene rings is 2. The van der Waals surface area contributed by atoms with E-state index in [1.807, 2.05) is 0 Å². The molecular formula is C16H10F3NO4S. The molecule has 130 valence electrons. The molecule has 5 nitrogen and oxygen atoms in total. The van der Waals surface area contributed by atoms with E-state index in [-0.39, 0.29) is 23.3 Å². The fraction of sp³-hybridized carbons (Fsp3) is 0.0625. The summed E-state index contributed by atoms with van der Waals surface area (Å²) in [6, 6.07) is 6.40. The van der Waals surface area contributed by atoms with Crippen molar-refractivity contribution in [2.24, 2.45) is 5.14 Å². The van der Waals surface area contributed by atoms with Crippen LogP contribution in [0.15, 0.2) is 41.3 Å². The van der Waals surface area contributed by atoms with Crippen molar-refractivity contribution in [1.82, 2.24) is 0 Å². The first kappa shape index (κ1) is 17.2. The van der Waals surface area contributed by atoms with Crippen molar-refractivity contribution in [1.29, 1.82) is 0 Å². The lowest BCUT2D eigenvalue weighted by Gasteiger charge is -2.08. The van der Waals surface area contributed by atoms with Gasteiger partial charge in [0.1, 0.15) is 24.1 Å². The van der Waals surface area contributed by atoms with Gasteiger partial charge in [-0.3, -0.25) is 0 Å². The first-order valence-corrected chi connectivity index (χ1v) is 8.41. The van der Waals surface area contributed by atoms with Crippen molar-refractivity contribution in [2.45, 2.75) is 4.90 Å². The van der Waals surface area contributed by atoms with Crippen LogP contribution in [0.1, 0.15) is 11.1 Å². The van der Waals surface area contributed by atoms with Crippen LogP contribution < -0.4 is 5.14 Å². The molecule has 0 fully saturated rings. The fourth-order valence-corrected chi connectivity index (χ4v) is 3.21. The molecular weight excluding hydrogens is 359 g/mol. The molecule has 0 spiro atoms. The Bertz CT molecular complexity index is 991. The Morgan fingerprint density at radius 2 is 1.52 bits per heavy atom. The van der Waals surface area contributed by atoms with Crippen LogP contribution in [0.5, 0.6) is 0 Å². The summed E-state index contributed by atoms with van der Waals surface area (Å²) in [6.07, 6.45) is 0. The molecule has 1 aliphatic rings. The number of esters is 1. The summed E-state index contributed by atoms with van der Waals surface area (Å²) in [5.41, 5.74) is 0.389. The standard InChI is InChI=1S/C16H10F3NO4S/c17-10-3-1-8(2-4-10)14-11(7-24-16(14)21)9-5-12(18)15(13(19)6-9)25(20,22)23/h1-6H,7H2,(H2,20,22,23). The first-order valence-electron chi connectivity index (χ1n) is 6.87.